The van der Waals surface area contributed by atoms with Gasteiger partial charge in [-0.2, -0.15) is 0 Å². The maximum absolute atomic E-state index is 13.3. The average molecular weight is 249 g/mol. The summed E-state index contributed by atoms with van der Waals surface area (Å²) < 4.78 is 13.3. The third-order valence-electron chi connectivity index (χ3n) is 2.20. The van der Waals surface area contributed by atoms with Crippen molar-refractivity contribution in [2.45, 2.75) is 10.6 Å². The Bertz CT molecular complexity index is 487. The van der Waals surface area contributed by atoms with Crippen LogP contribution in [0.15, 0.2) is 47.5 Å². The lowest BCUT2D eigenvalue weighted by atomic mass is 10.3. The second-order valence-corrected chi connectivity index (χ2v) is 4.43. The van der Waals surface area contributed by atoms with E-state index in [2.05, 4.69) is 10.4 Å². The quantitative estimate of drug-likeness (QED) is 0.497. The number of nitrogen functional groups attached to an aromatic ring is 1. The van der Waals surface area contributed by atoms with Gasteiger partial charge in [-0.1, -0.05) is 18.2 Å². The molecule has 0 bridgehead atoms. The van der Waals surface area contributed by atoms with Gasteiger partial charge in [-0.15, -0.1) is 11.8 Å². The minimum absolute atomic E-state index is 0.189. The molecule has 0 saturated heterocycles. The minimum Gasteiger partial charge on any atom is -0.308 e. The third-order valence-corrected chi connectivity index (χ3v) is 3.32. The fraction of sp³-hybridized carbons (Fsp3) is 0.0833. The number of aromatic nitrogens is 1. The van der Waals surface area contributed by atoms with Crippen LogP contribution in [0, 0.1) is 5.82 Å². The van der Waals surface area contributed by atoms with E-state index < -0.39 is 0 Å². The van der Waals surface area contributed by atoms with Crippen LogP contribution in [-0.2, 0) is 5.75 Å². The number of anilines is 1. The van der Waals surface area contributed by atoms with Gasteiger partial charge in [0.1, 0.15) is 11.6 Å². The maximum Gasteiger partial charge on any atom is 0.139 e. The second-order valence-electron chi connectivity index (χ2n) is 3.42. The molecule has 5 heteroatoms. The molecule has 0 aliphatic heterocycles. The Morgan fingerprint density at radius 3 is 2.71 bits per heavy atom. The molecule has 0 aliphatic rings. The standard InChI is InChI=1S/C12H12FN3S/c13-10-3-1-2-4-11(10)17-8-9-5-6-12(16-14)15-7-9/h1-7H,8,14H2,(H,15,16). The zero-order valence-electron chi connectivity index (χ0n) is 9.06. The fourth-order valence-electron chi connectivity index (χ4n) is 1.32. The summed E-state index contributed by atoms with van der Waals surface area (Å²) in [7, 11) is 0. The van der Waals surface area contributed by atoms with E-state index in [9.17, 15) is 4.39 Å². The van der Waals surface area contributed by atoms with Gasteiger partial charge in [-0.25, -0.2) is 15.2 Å². The molecule has 3 nitrogen and oxygen atoms in total. The van der Waals surface area contributed by atoms with Gasteiger partial charge in [-0.3, -0.25) is 0 Å². The number of nitrogens with zero attached hydrogens (tertiary/aromatic N) is 1. The van der Waals surface area contributed by atoms with Gasteiger partial charge in [-0.05, 0) is 23.8 Å². The van der Waals surface area contributed by atoms with Crippen molar-refractivity contribution in [2.24, 2.45) is 5.84 Å². The Hall–Kier alpha value is -1.59. The van der Waals surface area contributed by atoms with Crippen molar-refractivity contribution >= 4 is 17.6 Å². The Balaban J connectivity index is 2.00. The van der Waals surface area contributed by atoms with E-state index in [4.69, 9.17) is 5.84 Å². The van der Waals surface area contributed by atoms with Crippen molar-refractivity contribution in [1.29, 1.82) is 0 Å². The van der Waals surface area contributed by atoms with Gasteiger partial charge in [0.15, 0.2) is 0 Å². The number of pyridine rings is 1. The monoisotopic (exact) mass is 249 g/mol. The highest BCUT2D eigenvalue weighted by atomic mass is 32.2. The van der Waals surface area contributed by atoms with Gasteiger partial charge >= 0.3 is 0 Å². The van der Waals surface area contributed by atoms with Crippen LogP contribution in [0.2, 0.25) is 0 Å². The summed E-state index contributed by atoms with van der Waals surface area (Å²) >= 11 is 1.45. The summed E-state index contributed by atoms with van der Waals surface area (Å²) in [5, 5.41) is 0. The molecule has 0 unspecified atom stereocenters. The molecule has 0 amide bonds. The van der Waals surface area contributed by atoms with Crippen LogP contribution in [0.4, 0.5) is 10.2 Å². The zero-order chi connectivity index (χ0) is 12.1. The van der Waals surface area contributed by atoms with E-state index >= 15 is 0 Å². The third kappa shape index (κ3) is 3.18. The van der Waals surface area contributed by atoms with Crippen molar-refractivity contribution < 1.29 is 4.39 Å². The van der Waals surface area contributed by atoms with Crippen LogP contribution < -0.4 is 11.3 Å². The van der Waals surface area contributed by atoms with Crippen molar-refractivity contribution in [2.75, 3.05) is 5.43 Å². The predicted molar refractivity (Wildman–Crippen MR) is 68.0 cm³/mol. The van der Waals surface area contributed by atoms with Crippen molar-refractivity contribution in [3.05, 3.63) is 54.0 Å². The van der Waals surface area contributed by atoms with E-state index in [1.807, 2.05) is 12.1 Å². The first kappa shape index (κ1) is 11.9. The SMILES string of the molecule is NNc1ccc(CSc2ccccc2F)cn1. The normalized spacial score (nSPS) is 10.2. The largest absolute Gasteiger partial charge is 0.308 e. The highest BCUT2D eigenvalue weighted by Crippen LogP contribution is 2.25. The molecule has 17 heavy (non-hydrogen) atoms. The number of halogens is 1. The number of hydrogen-bond acceptors (Lipinski definition) is 4. The lowest BCUT2D eigenvalue weighted by Crippen LogP contribution is -2.08. The van der Waals surface area contributed by atoms with E-state index in [0.29, 0.717) is 16.5 Å². The molecule has 0 fully saturated rings. The van der Waals surface area contributed by atoms with Crippen LogP contribution >= 0.6 is 11.8 Å². The van der Waals surface area contributed by atoms with Crippen LogP contribution in [0.25, 0.3) is 0 Å². The predicted octanol–water partition coefficient (Wildman–Crippen LogP) is 2.80. The lowest BCUT2D eigenvalue weighted by Gasteiger charge is -2.04. The molecule has 1 aromatic heterocycles. The first-order valence-corrected chi connectivity index (χ1v) is 6.07. The molecule has 0 aliphatic carbocycles. The summed E-state index contributed by atoms with van der Waals surface area (Å²) in [6.07, 6.45) is 1.73. The Morgan fingerprint density at radius 2 is 2.06 bits per heavy atom. The van der Waals surface area contributed by atoms with E-state index in [0.717, 1.165) is 5.56 Å². The molecule has 0 saturated carbocycles. The fourth-order valence-corrected chi connectivity index (χ4v) is 2.19. The average Bonchev–Trinajstić information content (AvgIpc) is 2.38. The molecule has 2 aromatic rings. The van der Waals surface area contributed by atoms with Gasteiger partial charge in [0.2, 0.25) is 0 Å². The zero-order valence-corrected chi connectivity index (χ0v) is 9.88. The highest BCUT2D eigenvalue weighted by Gasteiger charge is 2.02. The molecule has 88 valence electrons. The Kier molecular flexibility index (Phi) is 3.95. The van der Waals surface area contributed by atoms with Crippen molar-refractivity contribution in [3.8, 4) is 0 Å². The highest BCUT2D eigenvalue weighted by molar-refractivity contribution is 7.98. The van der Waals surface area contributed by atoms with Gasteiger partial charge < -0.3 is 5.43 Å². The second kappa shape index (κ2) is 5.65. The smallest absolute Gasteiger partial charge is 0.139 e. The first-order chi connectivity index (χ1) is 8.29. The minimum atomic E-state index is -0.189. The molecule has 0 atom stereocenters. The van der Waals surface area contributed by atoms with Crippen molar-refractivity contribution in [1.82, 2.24) is 4.98 Å². The van der Waals surface area contributed by atoms with Gasteiger partial charge in [0.05, 0.1) is 0 Å². The summed E-state index contributed by atoms with van der Waals surface area (Å²) in [6.45, 7) is 0. The molecule has 0 spiro atoms. The number of hydrazine groups is 1. The summed E-state index contributed by atoms with van der Waals surface area (Å²) in [4.78, 5) is 4.74. The summed E-state index contributed by atoms with van der Waals surface area (Å²) in [5.74, 6) is 6.32. The van der Waals surface area contributed by atoms with Gasteiger partial charge in [0.25, 0.3) is 0 Å². The molecular formula is C12H12FN3S. The van der Waals surface area contributed by atoms with E-state index in [1.54, 1.807) is 24.4 Å². The summed E-state index contributed by atoms with van der Waals surface area (Å²) in [5.41, 5.74) is 3.48. The molecular weight excluding hydrogens is 237 g/mol. The van der Waals surface area contributed by atoms with E-state index in [1.165, 1.54) is 17.8 Å². The van der Waals surface area contributed by atoms with Crippen LogP contribution in [0.3, 0.4) is 0 Å². The number of nitrogens with two attached hydrogens (primary N) is 1. The number of benzene rings is 1. The molecule has 3 N–H and O–H groups in total. The van der Waals surface area contributed by atoms with Crippen LogP contribution in [-0.4, -0.2) is 4.98 Å². The van der Waals surface area contributed by atoms with Crippen LogP contribution in [0.1, 0.15) is 5.56 Å². The van der Waals surface area contributed by atoms with Crippen molar-refractivity contribution in [3.63, 3.8) is 0 Å². The lowest BCUT2D eigenvalue weighted by molar-refractivity contribution is 0.602. The summed E-state index contributed by atoms with van der Waals surface area (Å²) in [6, 6.07) is 10.4. The molecule has 1 heterocycles. The topological polar surface area (TPSA) is 50.9 Å². The molecule has 0 radical (unpaired) electrons. The number of rotatable bonds is 4. The molecule has 1 aromatic carbocycles. The Labute approximate surface area is 103 Å². The number of nitrogens with one attached hydrogen (secondary N) is 1. The van der Waals surface area contributed by atoms with Gasteiger partial charge in [0, 0.05) is 16.8 Å². The number of thioether (sulfide) groups is 1. The molecule has 2 rings (SSSR count). The van der Waals surface area contributed by atoms with Crippen LogP contribution in [0.5, 0.6) is 0 Å². The Morgan fingerprint density at radius 1 is 1.24 bits per heavy atom. The first-order valence-electron chi connectivity index (χ1n) is 5.08. The van der Waals surface area contributed by atoms with E-state index in [-0.39, 0.29) is 5.82 Å². The maximum atomic E-state index is 13.3. The number of hydrogen-bond donors (Lipinski definition) is 2.